The number of carbonyl (C=O) groups is 2. The number of hydrogen-bond donors (Lipinski definition) is 2. The summed E-state index contributed by atoms with van der Waals surface area (Å²) in [5.41, 5.74) is 1.46. The summed E-state index contributed by atoms with van der Waals surface area (Å²) >= 11 is 9.70. The van der Waals surface area contributed by atoms with Gasteiger partial charge in [0, 0.05) is 31.9 Å². The van der Waals surface area contributed by atoms with Crippen LogP contribution in [0.4, 0.5) is 14.5 Å². The van der Waals surface area contributed by atoms with Crippen LogP contribution in [0.5, 0.6) is 0 Å². The summed E-state index contributed by atoms with van der Waals surface area (Å²) in [5.74, 6) is -1.53. The monoisotopic (exact) mass is 516 g/mol. The fourth-order valence-electron chi connectivity index (χ4n) is 4.27. The SMILES string of the molecule is O=C1NC(c2cc(F)ccc2Cl)c2c(NC(=O)C3(c4cccc(F)c4)CC3)cc(Br)cc21. The zero-order chi connectivity index (χ0) is 22.6. The third-order valence-electron chi connectivity index (χ3n) is 6.03. The first-order valence-corrected chi connectivity index (χ1v) is 11.1. The van der Waals surface area contributed by atoms with Crippen molar-refractivity contribution >= 4 is 45.0 Å². The van der Waals surface area contributed by atoms with Crippen LogP contribution in [-0.2, 0) is 10.2 Å². The van der Waals surface area contributed by atoms with Gasteiger partial charge in [-0.2, -0.15) is 0 Å². The van der Waals surface area contributed by atoms with Gasteiger partial charge in [0.05, 0.1) is 11.5 Å². The van der Waals surface area contributed by atoms with E-state index in [0.29, 0.717) is 50.3 Å². The molecular formula is C24H16BrClF2N2O2. The van der Waals surface area contributed by atoms with Gasteiger partial charge in [0.2, 0.25) is 5.91 Å². The minimum Gasteiger partial charge on any atom is -0.341 e. The second-order valence-electron chi connectivity index (χ2n) is 8.03. The highest BCUT2D eigenvalue weighted by molar-refractivity contribution is 9.10. The van der Waals surface area contributed by atoms with E-state index < -0.39 is 23.1 Å². The Bertz CT molecular complexity index is 1290. The molecule has 3 aromatic carbocycles. The smallest absolute Gasteiger partial charge is 0.252 e. The molecule has 32 heavy (non-hydrogen) atoms. The van der Waals surface area contributed by atoms with E-state index in [4.69, 9.17) is 11.6 Å². The normalized spacial score (nSPS) is 18.1. The number of halogens is 4. The zero-order valence-corrected chi connectivity index (χ0v) is 18.9. The predicted octanol–water partition coefficient (Wildman–Crippen LogP) is 5.88. The highest BCUT2D eigenvalue weighted by atomic mass is 79.9. The Labute approximate surface area is 196 Å². The number of fused-ring (bicyclic) bond motifs is 1. The standard InChI is InChI=1S/C24H16BrClF2N2O2/c25-13-9-17-20(21(30-22(17)31)16-11-15(28)4-5-18(16)26)19(10-13)29-23(32)24(6-7-24)12-2-1-3-14(27)8-12/h1-5,8-11,21H,6-7H2,(H,29,32)(H,30,31). The molecule has 1 atom stereocenters. The summed E-state index contributed by atoms with van der Waals surface area (Å²) in [5, 5.41) is 6.06. The number of anilines is 1. The molecule has 1 unspecified atom stereocenters. The van der Waals surface area contributed by atoms with Crippen LogP contribution in [-0.4, -0.2) is 11.8 Å². The van der Waals surface area contributed by atoms with Crippen molar-refractivity contribution in [3.63, 3.8) is 0 Å². The molecular weight excluding hydrogens is 502 g/mol. The number of rotatable bonds is 4. The Morgan fingerprint density at radius 3 is 2.56 bits per heavy atom. The first-order chi connectivity index (χ1) is 15.3. The molecule has 1 heterocycles. The van der Waals surface area contributed by atoms with E-state index in [-0.39, 0.29) is 11.8 Å². The van der Waals surface area contributed by atoms with E-state index in [2.05, 4.69) is 26.6 Å². The van der Waals surface area contributed by atoms with Crippen LogP contribution in [0.3, 0.4) is 0 Å². The third kappa shape index (κ3) is 3.49. The van der Waals surface area contributed by atoms with Crippen molar-refractivity contribution in [3.8, 4) is 0 Å². The fourth-order valence-corrected chi connectivity index (χ4v) is 4.95. The number of carbonyl (C=O) groups excluding carboxylic acids is 2. The molecule has 0 bridgehead atoms. The van der Waals surface area contributed by atoms with Crippen LogP contribution in [0.1, 0.15) is 45.9 Å². The lowest BCUT2D eigenvalue weighted by molar-refractivity contribution is -0.118. The molecule has 2 amide bonds. The van der Waals surface area contributed by atoms with E-state index in [9.17, 15) is 18.4 Å². The van der Waals surface area contributed by atoms with E-state index in [1.165, 1.54) is 30.3 Å². The van der Waals surface area contributed by atoms with Gasteiger partial charge in [-0.25, -0.2) is 8.78 Å². The molecule has 1 aliphatic carbocycles. The molecule has 2 aliphatic rings. The number of amides is 2. The number of nitrogens with one attached hydrogen (secondary N) is 2. The Hall–Kier alpha value is -2.77. The zero-order valence-electron chi connectivity index (χ0n) is 16.5. The highest BCUT2D eigenvalue weighted by Crippen LogP contribution is 2.50. The van der Waals surface area contributed by atoms with Crippen LogP contribution in [0.15, 0.2) is 59.1 Å². The van der Waals surface area contributed by atoms with Gasteiger partial charge < -0.3 is 10.6 Å². The molecule has 3 aromatic rings. The molecule has 1 aliphatic heterocycles. The van der Waals surface area contributed by atoms with Gasteiger partial charge in [0.1, 0.15) is 11.6 Å². The van der Waals surface area contributed by atoms with E-state index in [1.54, 1.807) is 24.3 Å². The maximum atomic E-state index is 14.0. The quantitative estimate of drug-likeness (QED) is 0.454. The molecule has 1 fully saturated rings. The highest BCUT2D eigenvalue weighted by Gasteiger charge is 2.51. The number of hydrogen-bond acceptors (Lipinski definition) is 2. The Morgan fingerprint density at radius 2 is 1.84 bits per heavy atom. The van der Waals surface area contributed by atoms with Crippen molar-refractivity contribution < 1.29 is 18.4 Å². The predicted molar refractivity (Wildman–Crippen MR) is 121 cm³/mol. The lowest BCUT2D eigenvalue weighted by Crippen LogP contribution is -2.29. The number of benzene rings is 3. The summed E-state index contributed by atoms with van der Waals surface area (Å²) in [6, 6.07) is 12.6. The van der Waals surface area contributed by atoms with E-state index >= 15 is 0 Å². The summed E-state index contributed by atoms with van der Waals surface area (Å²) in [7, 11) is 0. The van der Waals surface area contributed by atoms with Crippen LogP contribution in [0, 0.1) is 11.6 Å². The van der Waals surface area contributed by atoms with Gasteiger partial charge in [-0.05, 0) is 60.9 Å². The minimum absolute atomic E-state index is 0.285. The van der Waals surface area contributed by atoms with Crippen molar-refractivity contribution in [3.05, 3.63) is 98.0 Å². The molecule has 8 heteroatoms. The minimum atomic E-state index is -0.820. The first-order valence-electron chi connectivity index (χ1n) is 9.95. The maximum Gasteiger partial charge on any atom is 0.252 e. The topological polar surface area (TPSA) is 58.2 Å². The average molecular weight is 518 g/mol. The van der Waals surface area contributed by atoms with Crippen LogP contribution in [0.2, 0.25) is 5.02 Å². The maximum absolute atomic E-state index is 14.0. The third-order valence-corrected chi connectivity index (χ3v) is 6.83. The Morgan fingerprint density at radius 1 is 1.09 bits per heavy atom. The van der Waals surface area contributed by atoms with Gasteiger partial charge in [0.15, 0.2) is 0 Å². The molecule has 0 aromatic heterocycles. The summed E-state index contributed by atoms with van der Waals surface area (Å²) in [6.07, 6.45) is 1.18. The average Bonchev–Trinajstić information content (AvgIpc) is 3.50. The molecule has 162 valence electrons. The van der Waals surface area contributed by atoms with Crippen molar-refractivity contribution in [2.45, 2.75) is 24.3 Å². The molecule has 4 nitrogen and oxygen atoms in total. The molecule has 0 spiro atoms. The lowest BCUT2D eigenvalue weighted by Gasteiger charge is -2.21. The van der Waals surface area contributed by atoms with Crippen molar-refractivity contribution in [2.24, 2.45) is 0 Å². The summed E-state index contributed by atoms with van der Waals surface area (Å²) in [6.45, 7) is 0. The van der Waals surface area contributed by atoms with E-state index in [1.807, 2.05) is 0 Å². The molecule has 5 rings (SSSR count). The second kappa shape index (κ2) is 7.67. The van der Waals surface area contributed by atoms with Crippen molar-refractivity contribution in [1.29, 1.82) is 0 Å². The Kier molecular flexibility index (Phi) is 5.06. The van der Waals surface area contributed by atoms with Crippen molar-refractivity contribution in [1.82, 2.24) is 5.32 Å². The first kappa shape index (κ1) is 21.1. The summed E-state index contributed by atoms with van der Waals surface area (Å²) in [4.78, 5) is 26.0. The van der Waals surface area contributed by atoms with Crippen LogP contribution < -0.4 is 10.6 Å². The van der Waals surface area contributed by atoms with Crippen LogP contribution in [0.25, 0.3) is 0 Å². The van der Waals surface area contributed by atoms with Crippen molar-refractivity contribution in [2.75, 3.05) is 5.32 Å². The fraction of sp³-hybridized carbons (Fsp3) is 0.167. The van der Waals surface area contributed by atoms with Gasteiger partial charge in [-0.3, -0.25) is 9.59 Å². The van der Waals surface area contributed by atoms with Gasteiger partial charge in [-0.15, -0.1) is 0 Å². The van der Waals surface area contributed by atoms with Gasteiger partial charge in [0.25, 0.3) is 5.91 Å². The second-order valence-corrected chi connectivity index (χ2v) is 9.36. The lowest BCUT2D eigenvalue weighted by atomic mass is 9.93. The molecule has 1 saturated carbocycles. The molecule has 0 saturated heterocycles. The summed E-state index contributed by atoms with van der Waals surface area (Å²) < 4.78 is 28.3. The molecule has 0 radical (unpaired) electrons. The Balaban J connectivity index is 1.56. The van der Waals surface area contributed by atoms with Crippen LogP contribution >= 0.6 is 27.5 Å². The molecule has 2 N–H and O–H groups in total. The van der Waals surface area contributed by atoms with Gasteiger partial charge >= 0.3 is 0 Å². The van der Waals surface area contributed by atoms with E-state index in [0.717, 1.165) is 0 Å². The van der Waals surface area contributed by atoms with Gasteiger partial charge in [-0.1, -0.05) is 39.7 Å². The largest absolute Gasteiger partial charge is 0.341 e.